The number of hydrogen-bond donors (Lipinski definition) is 1. The highest BCUT2D eigenvalue weighted by Gasteiger charge is 2.13. The molecule has 0 spiro atoms. The zero-order chi connectivity index (χ0) is 14.0. The van der Waals surface area contributed by atoms with Gasteiger partial charge in [-0.3, -0.25) is 10.1 Å². The first-order valence-corrected chi connectivity index (χ1v) is 6.35. The van der Waals surface area contributed by atoms with Gasteiger partial charge in [0.15, 0.2) is 0 Å². The standard InChI is InChI=1S/C14H14NO3P/c1-9-8-11(4-7-13(9)19)14(16)10-2-5-12(6-3-10)15(17)18/h2-8,14,16H,19H2,1H3. The minimum Gasteiger partial charge on any atom is -0.384 e. The van der Waals surface area contributed by atoms with E-state index in [0.29, 0.717) is 5.56 Å². The number of non-ortho nitro benzene ring substituents is 1. The second-order valence-electron chi connectivity index (χ2n) is 4.37. The van der Waals surface area contributed by atoms with Crippen LogP contribution in [0.4, 0.5) is 5.69 Å². The summed E-state index contributed by atoms with van der Waals surface area (Å²) in [6, 6.07) is 11.6. The Kier molecular flexibility index (Phi) is 3.93. The predicted octanol–water partition coefficient (Wildman–Crippen LogP) is 2.49. The summed E-state index contributed by atoms with van der Waals surface area (Å²) >= 11 is 0. The maximum absolute atomic E-state index is 10.6. The Morgan fingerprint density at radius 3 is 2.26 bits per heavy atom. The van der Waals surface area contributed by atoms with Crippen molar-refractivity contribution in [2.24, 2.45) is 0 Å². The Bertz CT molecular complexity index is 611. The fourth-order valence-electron chi connectivity index (χ4n) is 1.84. The summed E-state index contributed by atoms with van der Waals surface area (Å²) in [6.45, 7) is 1.97. The first kappa shape index (κ1) is 13.7. The molecule has 2 aromatic carbocycles. The Morgan fingerprint density at radius 2 is 1.74 bits per heavy atom. The lowest BCUT2D eigenvalue weighted by atomic mass is 10.00. The normalized spacial score (nSPS) is 12.2. The Balaban J connectivity index is 2.30. The van der Waals surface area contributed by atoms with E-state index >= 15 is 0 Å². The Hall–Kier alpha value is -1.77. The van der Waals surface area contributed by atoms with Crippen LogP contribution in [0.15, 0.2) is 42.5 Å². The molecule has 98 valence electrons. The molecule has 2 atom stereocenters. The number of aliphatic hydroxyl groups is 1. The van der Waals surface area contributed by atoms with Gasteiger partial charge in [-0.1, -0.05) is 18.2 Å². The molecule has 0 aliphatic carbocycles. The molecule has 0 radical (unpaired) electrons. The van der Waals surface area contributed by atoms with Gasteiger partial charge in [0.2, 0.25) is 0 Å². The molecule has 1 N–H and O–H groups in total. The van der Waals surface area contributed by atoms with Crippen LogP contribution in [0.1, 0.15) is 22.8 Å². The topological polar surface area (TPSA) is 63.4 Å². The second-order valence-corrected chi connectivity index (χ2v) is 4.99. The highest BCUT2D eigenvalue weighted by Crippen LogP contribution is 2.24. The van der Waals surface area contributed by atoms with Crippen molar-refractivity contribution in [2.75, 3.05) is 0 Å². The largest absolute Gasteiger partial charge is 0.384 e. The van der Waals surface area contributed by atoms with E-state index in [1.807, 2.05) is 25.1 Å². The van der Waals surface area contributed by atoms with E-state index < -0.39 is 11.0 Å². The van der Waals surface area contributed by atoms with Crippen molar-refractivity contribution in [3.05, 3.63) is 69.3 Å². The van der Waals surface area contributed by atoms with Gasteiger partial charge in [0.1, 0.15) is 6.10 Å². The van der Waals surface area contributed by atoms with Crippen LogP contribution in [0.3, 0.4) is 0 Å². The van der Waals surface area contributed by atoms with Crippen molar-refractivity contribution >= 4 is 20.2 Å². The maximum Gasteiger partial charge on any atom is 0.269 e. The third-order valence-corrected chi connectivity index (χ3v) is 3.68. The summed E-state index contributed by atoms with van der Waals surface area (Å²) in [5.74, 6) is 0. The van der Waals surface area contributed by atoms with Crippen molar-refractivity contribution in [2.45, 2.75) is 13.0 Å². The number of rotatable bonds is 3. The zero-order valence-corrected chi connectivity index (χ0v) is 11.6. The van der Waals surface area contributed by atoms with Gasteiger partial charge in [-0.15, -0.1) is 9.24 Å². The molecule has 0 saturated carbocycles. The molecule has 0 aliphatic heterocycles. The smallest absolute Gasteiger partial charge is 0.269 e. The van der Waals surface area contributed by atoms with E-state index in [9.17, 15) is 15.2 Å². The minimum atomic E-state index is -0.773. The summed E-state index contributed by atoms with van der Waals surface area (Å²) in [7, 11) is 2.63. The molecular weight excluding hydrogens is 261 g/mol. The number of benzene rings is 2. The molecule has 0 amide bonds. The third kappa shape index (κ3) is 2.98. The van der Waals surface area contributed by atoms with Crippen molar-refractivity contribution in [3.63, 3.8) is 0 Å². The monoisotopic (exact) mass is 275 g/mol. The van der Waals surface area contributed by atoms with Crippen molar-refractivity contribution in [1.82, 2.24) is 0 Å². The van der Waals surface area contributed by atoms with Crippen LogP contribution in [0.5, 0.6) is 0 Å². The third-order valence-electron chi connectivity index (χ3n) is 3.03. The first-order chi connectivity index (χ1) is 8.99. The average Bonchev–Trinajstić information content (AvgIpc) is 2.41. The van der Waals surface area contributed by atoms with Crippen molar-refractivity contribution in [1.29, 1.82) is 0 Å². The van der Waals surface area contributed by atoms with E-state index in [4.69, 9.17) is 0 Å². The van der Waals surface area contributed by atoms with Gasteiger partial charge in [0, 0.05) is 12.1 Å². The van der Waals surface area contributed by atoms with Crippen molar-refractivity contribution < 1.29 is 10.0 Å². The van der Waals surface area contributed by atoms with Crippen LogP contribution in [0.2, 0.25) is 0 Å². The molecule has 0 aliphatic rings. The van der Waals surface area contributed by atoms with Gasteiger partial charge >= 0.3 is 0 Å². The Labute approximate surface area is 113 Å². The van der Waals surface area contributed by atoms with Gasteiger partial charge in [0.25, 0.3) is 5.69 Å². The van der Waals surface area contributed by atoms with Gasteiger partial charge < -0.3 is 5.11 Å². The van der Waals surface area contributed by atoms with E-state index in [1.54, 1.807) is 12.1 Å². The SMILES string of the molecule is Cc1cc(C(O)c2ccc([N+](=O)[O-])cc2)ccc1P. The summed E-state index contributed by atoms with van der Waals surface area (Å²) in [4.78, 5) is 10.1. The summed E-state index contributed by atoms with van der Waals surface area (Å²) < 4.78 is 0. The second kappa shape index (κ2) is 5.47. The quantitative estimate of drug-likeness (QED) is 0.531. The molecule has 0 saturated heterocycles. The number of nitrogens with zero attached hydrogens (tertiary/aromatic N) is 1. The molecule has 19 heavy (non-hydrogen) atoms. The van der Waals surface area contributed by atoms with Crippen LogP contribution in [-0.4, -0.2) is 10.0 Å². The average molecular weight is 275 g/mol. The van der Waals surface area contributed by atoms with Gasteiger partial charge in [-0.05, 0) is 41.1 Å². The summed E-state index contributed by atoms with van der Waals surface area (Å²) in [6.07, 6.45) is -0.773. The molecule has 0 bridgehead atoms. The first-order valence-electron chi connectivity index (χ1n) is 5.77. The summed E-state index contributed by atoms with van der Waals surface area (Å²) in [5.41, 5.74) is 2.51. The molecule has 4 nitrogen and oxygen atoms in total. The van der Waals surface area contributed by atoms with E-state index in [2.05, 4.69) is 9.24 Å². The molecule has 2 aromatic rings. The number of aryl methyl sites for hydroxylation is 1. The molecule has 2 unspecified atom stereocenters. The van der Waals surface area contributed by atoms with Crippen molar-refractivity contribution in [3.8, 4) is 0 Å². The number of hydrogen-bond acceptors (Lipinski definition) is 3. The van der Waals surface area contributed by atoms with Gasteiger partial charge in [-0.25, -0.2) is 0 Å². The molecule has 0 fully saturated rings. The fraction of sp³-hybridized carbons (Fsp3) is 0.143. The van der Waals surface area contributed by atoms with Crippen LogP contribution >= 0.6 is 9.24 Å². The molecular formula is C14H14NO3P. The number of aliphatic hydroxyl groups excluding tert-OH is 1. The zero-order valence-electron chi connectivity index (χ0n) is 10.4. The van der Waals surface area contributed by atoms with E-state index in [1.165, 1.54) is 12.1 Å². The van der Waals surface area contributed by atoms with Gasteiger partial charge in [-0.2, -0.15) is 0 Å². The molecule has 2 rings (SSSR count). The lowest BCUT2D eigenvalue weighted by Gasteiger charge is -2.13. The maximum atomic E-state index is 10.6. The predicted molar refractivity (Wildman–Crippen MR) is 77.7 cm³/mol. The molecule has 0 heterocycles. The fourth-order valence-corrected chi connectivity index (χ4v) is 2.02. The lowest BCUT2D eigenvalue weighted by molar-refractivity contribution is -0.384. The number of nitro groups is 1. The van der Waals surface area contributed by atoms with Gasteiger partial charge in [0.05, 0.1) is 4.92 Å². The Morgan fingerprint density at radius 1 is 1.16 bits per heavy atom. The van der Waals surface area contributed by atoms with Crippen LogP contribution in [0.25, 0.3) is 0 Å². The van der Waals surface area contributed by atoms with Crippen LogP contribution < -0.4 is 5.30 Å². The molecule has 5 heteroatoms. The van der Waals surface area contributed by atoms with E-state index in [0.717, 1.165) is 16.4 Å². The number of nitro benzene ring substituents is 1. The van der Waals surface area contributed by atoms with Crippen LogP contribution in [0, 0.1) is 17.0 Å². The lowest BCUT2D eigenvalue weighted by Crippen LogP contribution is -2.04. The van der Waals surface area contributed by atoms with E-state index in [-0.39, 0.29) is 5.69 Å². The highest BCUT2D eigenvalue weighted by molar-refractivity contribution is 7.27. The summed E-state index contributed by atoms with van der Waals surface area (Å²) in [5, 5.41) is 21.9. The van der Waals surface area contributed by atoms with Crippen LogP contribution in [-0.2, 0) is 0 Å². The minimum absolute atomic E-state index is 0.0208. The molecule has 0 aromatic heterocycles. The highest BCUT2D eigenvalue weighted by atomic mass is 31.0.